The number of nitrogens with two attached hydrogens (primary N) is 1. The first kappa shape index (κ1) is 21.7. The van der Waals surface area contributed by atoms with E-state index in [0.29, 0.717) is 21.9 Å². The van der Waals surface area contributed by atoms with Crippen LogP contribution in [0.15, 0.2) is 84.9 Å². The SMILES string of the molecule is Cc1ccc(Oc2nc3cc(-c4ccc(-c5ccccc5)cc4)c(Cl)cc3[nH]2)cc1C(=O)ON. The zero-order chi connectivity index (χ0) is 23.7. The van der Waals surface area contributed by atoms with E-state index in [4.69, 9.17) is 22.2 Å². The van der Waals surface area contributed by atoms with E-state index in [-0.39, 0.29) is 6.01 Å². The number of hydrogen-bond donors (Lipinski definition) is 2. The van der Waals surface area contributed by atoms with E-state index in [1.165, 1.54) is 0 Å². The molecule has 0 bridgehead atoms. The molecule has 0 aliphatic heterocycles. The van der Waals surface area contributed by atoms with E-state index >= 15 is 0 Å². The van der Waals surface area contributed by atoms with Gasteiger partial charge in [-0.2, -0.15) is 10.9 Å². The van der Waals surface area contributed by atoms with Crippen LogP contribution >= 0.6 is 11.6 Å². The number of aryl methyl sites for hydroxylation is 1. The molecule has 0 aliphatic rings. The van der Waals surface area contributed by atoms with Crippen LogP contribution in [0, 0.1) is 6.92 Å². The second kappa shape index (κ2) is 9.02. The van der Waals surface area contributed by atoms with Gasteiger partial charge in [-0.1, -0.05) is 72.3 Å². The zero-order valence-electron chi connectivity index (χ0n) is 18.2. The third kappa shape index (κ3) is 4.24. The predicted octanol–water partition coefficient (Wildman–Crippen LogP) is 6.68. The summed E-state index contributed by atoms with van der Waals surface area (Å²) in [6, 6.07) is 27.5. The molecule has 0 aliphatic carbocycles. The summed E-state index contributed by atoms with van der Waals surface area (Å²) < 4.78 is 5.85. The Hall–Kier alpha value is -4.13. The number of aromatic nitrogens is 2. The highest BCUT2D eigenvalue weighted by Crippen LogP contribution is 2.34. The molecule has 3 N–H and O–H groups in total. The van der Waals surface area contributed by atoms with Gasteiger partial charge in [0, 0.05) is 5.56 Å². The van der Waals surface area contributed by atoms with Gasteiger partial charge in [-0.05, 0) is 53.4 Å². The van der Waals surface area contributed by atoms with Crippen molar-refractivity contribution >= 4 is 28.6 Å². The van der Waals surface area contributed by atoms with Crippen LogP contribution in [0.3, 0.4) is 0 Å². The Morgan fingerprint density at radius 1 is 0.912 bits per heavy atom. The number of nitrogens with zero attached hydrogens (tertiary/aromatic N) is 1. The summed E-state index contributed by atoms with van der Waals surface area (Å²) in [7, 11) is 0. The van der Waals surface area contributed by atoms with Gasteiger partial charge in [0.2, 0.25) is 0 Å². The average molecular weight is 470 g/mol. The Kier molecular flexibility index (Phi) is 5.76. The highest BCUT2D eigenvalue weighted by molar-refractivity contribution is 6.34. The van der Waals surface area contributed by atoms with E-state index in [2.05, 4.69) is 39.1 Å². The van der Waals surface area contributed by atoms with Crippen molar-refractivity contribution in [1.29, 1.82) is 0 Å². The molecular formula is C27H20ClN3O3. The lowest BCUT2D eigenvalue weighted by Gasteiger charge is -2.07. The highest BCUT2D eigenvalue weighted by atomic mass is 35.5. The van der Waals surface area contributed by atoms with Crippen molar-refractivity contribution in [3.05, 3.63) is 101 Å². The zero-order valence-corrected chi connectivity index (χ0v) is 19.0. The van der Waals surface area contributed by atoms with Crippen molar-refractivity contribution in [3.63, 3.8) is 0 Å². The molecule has 0 saturated heterocycles. The second-order valence-electron chi connectivity index (χ2n) is 7.82. The maximum atomic E-state index is 11.9. The van der Waals surface area contributed by atoms with Crippen LogP contribution in [-0.4, -0.2) is 15.9 Å². The Labute approximate surface area is 200 Å². The van der Waals surface area contributed by atoms with Crippen LogP contribution < -0.4 is 10.6 Å². The lowest BCUT2D eigenvalue weighted by Crippen LogP contribution is -2.11. The number of imidazole rings is 1. The number of H-pyrrole nitrogens is 1. The Morgan fingerprint density at radius 3 is 2.35 bits per heavy atom. The van der Waals surface area contributed by atoms with Crippen LogP contribution in [0.25, 0.3) is 33.3 Å². The Bertz CT molecular complexity index is 1500. The van der Waals surface area contributed by atoms with Crippen molar-refractivity contribution in [1.82, 2.24) is 9.97 Å². The Morgan fingerprint density at radius 2 is 1.62 bits per heavy atom. The average Bonchev–Trinajstić information content (AvgIpc) is 3.25. The molecule has 0 fully saturated rings. The van der Waals surface area contributed by atoms with Gasteiger partial charge < -0.3 is 14.6 Å². The molecule has 1 aromatic heterocycles. The van der Waals surface area contributed by atoms with Crippen LogP contribution in [0.2, 0.25) is 5.02 Å². The third-order valence-corrected chi connectivity index (χ3v) is 5.92. The van der Waals surface area contributed by atoms with Crippen LogP contribution in [0.1, 0.15) is 15.9 Å². The van der Waals surface area contributed by atoms with E-state index in [1.54, 1.807) is 25.1 Å². The minimum Gasteiger partial charge on any atom is -0.426 e. The maximum absolute atomic E-state index is 11.9. The van der Waals surface area contributed by atoms with Gasteiger partial charge in [-0.15, -0.1) is 0 Å². The van der Waals surface area contributed by atoms with Gasteiger partial charge in [-0.25, -0.2) is 4.79 Å². The molecule has 5 rings (SSSR count). The first-order chi connectivity index (χ1) is 16.5. The summed E-state index contributed by atoms with van der Waals surface area (Å²) in [5.74, 6) is 4.81. The summed E-state index contributed by atoms with van der Waals surface area (Å²) in [6.07, 6.45) is 0. The topological polar surface area (TPSA) is 90.2 Å². The quantitative estimate of drug-likeness (QED) is 0.280. The summed E-state index contributed by atoms with van der Waals surface area (Å²) >= 11 is 6.60. The molecule has 4 aromatic carbocycles. The molecule has 0 atom stereocenters. The molecule has 168 valence electrons. The molecule has 6 nitrogen and oxygen atoms in total. The monoisotopic (exact) mass is 469 g/mol. The van der Waals surface area contributed by atoms with Gasteiger partial charge >= 0.3 is 5.97 Å². The smallest absolute Gasteiger partial charge is 0.357 e. The fourth-order valence-electron chi connectivity index (χ4n) is 3.81. The van der Waals surface area contributed by atoms with Crippen LogP contribution in [-0.2, 0) is 4.84 Å². The lowest BCUT2D eigenvalue weighted by atomic mass is 10.00. The number of carbonyl (C=O) groups is 1. The fourth-order valence-corrected chi connectivity index (χ4v) is 4.08. The van der Waals surface area contributed by atoms with Gasteiger partial charge in [0.25, 0.3) is 6.01 Å². The van der Waals surface area contributed by atoms with E-state index < -0.39 is 5.97 Å². The number of ether oxygens (including phenoxy) is 1. The summed E-state index contributed by atoms with van der Waals surface area (Å²) in [4.78, 5) is 23.8. The normalized spacial score (nSPS) is 10.9. The number of hydrogen-bond acceptors (Lipinski definition) is 5. The predicted molar refractivity (Wildman–Crippen MR) is 133 cm³/mol. The molecule has 0 amide bonds. The first-order valence-corrected chi connectivity index (χ1v) is 10.9. The number of aromatic amines is 1. The van der Waals surface area contributed by atoms with Gasteiger partial charge in [0.1, 0.15) is 5.75 Å². The minimum absolute atomic E-state index is 0.276. The molecule has 0 saturated carbocycles. The largest absolute Gasteiger partial charge is 0.426 e. The van der Waals surface area contributed by atoms with Crippen molar-refractivity contribution in [3.8, 4) is 34.0 Å². The number of carbonyl (C=O) groups excluding carboxylic acids is 1. The molecule has 5 aromatic rings. The van der Waals surface area contributed by atoms with Crippen molar-refractivity contribution in [2.45, 2.75) is 6.92 Å². The first-order valence-electron chi connectivity index (χ1n) is 10.6. The highest BCUT2D eigenvalue weighted by Gasteiger charge is 2.14. The molecule has 1 heterocycles. The maximum Gasteiger partial charge on any atom is 0.357 e. The number of rotatable bonds is 5. The molecule has 0 radical (unpaired) electrons. The van der Waals surface area contributed by atoms with E-state index in [9.17, 15) is 4.79 Å². The van der Waals surface area contributed by atoms with Crippen LogP contribution in [0.4, 0.5) is 0 Å². The molecular weight excluding hydrogens is 450 g/mol. The molecule has 34 heavy (non-hydrogen) atoms. The summed E-state index contributed by atoms with van der Waals surface area (Å²) in [5.41, 5.74) is 6.63. The van der Waals surface area contributed by atoms with Crippen molar-refractivity contribution in [2.24, 2.45) is 5.90 Å². The minimum atomic E-state index is -0.637. The number of halogens is 1. The number of nitrogens with one attached hydrogen (secondary N) is 1. The van der Waals surface area contributed by atoms with Crippen molar-refractivity contribution < 1.29 is 14.4 Å². The molecule has 0 spiro atoms. The fraction of sp³-hybridized carbons (Fsp3) is 0.0370. The van der Waals surface area contributed by atoms with E-state index in [1.807, 2.05) is 42.5 Å². The third-order valence-electron chi connectivity index (χ3n) is 5.60. The lowest BCUT2D eigenvalue weighted by molar-refractivity contribution is 0.0502. The van der Waals surface area contributed by atoms with Gasteiger partial charge in [0.05, 0.1) is 21.6 Å². The molecule has 0 unspecified atom stereocenters. The molecule has 7 heteroatoms. The van der Waals surface area contributed by atoms with Crippen molar-refractivity contribution in [2.75, 3.05) is 0 Å². The number of benzene rings is 4. The van der Waals surface area contributed by atoms with Gasteiger partial charge in [-0.3, -0.25) is 0 Å². The summed E-state index contributed by atoms with van der Waals surface area (Å²) in [6.45, 7) is 1.78. The Balaban J connectivity index is 1.44. The second-order valence-corrected chi connectivity index (χ2v) is 8.23. The van der Waals surface area contributed by atoms with E-state index in [0.717, 1.165) is 33.3 Å². The standard InChI is InChI=1S/C27H20ClN3O3/c1-16-7-12-20(13-21(16)26(32)34-29)33-27-30-24-14-22(23(28)15-25(24)31-27)19-10-8-18(9-11-19)17-5-3-2-4-6-17/h2-15H,29H2,1H3,(H,30,31). The van der Waals surface area contributed by atoms with Crippen LogP contribution in [0.5, 0.6) is 11.8 Å². The number of fused-ring (bicyclic) bond motifs is 1. The summed E-state index contributed by atoms with van der Waals surface area (Å²) in [5, 5.41) is 0.596. The van der Waals surface area contributed by atoms with Gasteiger partial charge in [0.15, 0.2) is 0 Å².